The van der Waals surface area contributed by atoms with Crippen molar-refractivity contribution in [2.45, 2.75) is 82.6 Å². The average molecular weight is 417 g/mol. The Morgan fingerprint density at radius 3 is 2.19 bits per heavy atom. The molecule has 0 fully saturated rings. The predicted molar refractivity (Wildman–Crippen MR) is 116 cm³/mol. The van der Waals surface area contributed by atoms with Gasteiger partial charge in [0.15, 0.2) is 0 Å². The minimum atomic E-state index is -0.0709. The molecule has 4 nitrogen and oxygen atoms in total. The Labute approximate surface area is 173 Å². The third-order valence-corrected chi connectivity index (χ3v) is 7.26. The van der Waals surface area contributed by atoms with Crippen LogP contribution >= 0.6 is 23.5 Å². The zero-order chi connectivity index (χ0) is 19.7. The van der Waals surface area contributed by atoms with Crippen LogP contribution in [0.1, 0.15) is 78.1 Å². The second-order valence-corrected chi connectivity index (χ2v) is 9.27. The molecule has 1 heterocycles. The quantitative estimate of drug-likeness (QED) is 0.243. The topological polar surface area (TPSA) is 52.6 Å². The first-order valence-corrected chi connectivity index (χ1v) is 12.4. The summed E-state index contributed by atoms with van der Waals surface area (Å²) in [5.74, 6) is 0.898. The van der Waals surface area contributed by atoms with Gasteiger partial charge in [0, 0.05) is 12.2 Å². The molecule has 0 N–H and O–H groups in total. The molecule has 6 heteroatoms. The molecule has 156 valence electrons. The summed E-state index contributed by atoms with van der Waals surface area (Å²) in [6, 6.07) is 0. The second-order valence-electron chi connectivity index (χ2n) is 6.74. The first-order chi connectivity index (χ1) is 13.2. The molecule has 27 heavy (non-hydrogen) atoms. The van der Waals surface area contributed by atoms with Crippen LogP contribution in [0.3, 0.4) is 0 Å². The largest absolute Gasteiger partial charge is 0.466 e. The van der Waals surface area contributed by atoms with Crippen molar-refractivity contribution in [3.05, 3.63) is 11.5 Å². The minimum absolute atomic E-state index is 0.00720. The van der Waals surface area contributed by atoms with Crippen LogP contribution in [0.15, 0.2) is 11.5 Å². The maximum absolute atomic E-state index is 12.3. The number of thioether (sulfide) groups is 2. The zero-order valence-corrected chi connectivity index (χ0v) is 18.6. The van der Waals surface area contributed by atoms with Gasteiger partial charge in [0.25, 0.3) is 0 Å². The van der Waals surface area contributed by atoms with E-state index in [0.29, 0.717) is 24.2 Å². The minimum Gasteiger partial charge on any atom is -0.466 e. The Hall–Kier alpha value is -0.620. The van der Waals surface area contributed by atoms with Crippen LogP contribution in [0.5, 0.6) is 0 Å². The van der Waals surface area contributed by atoms with Crippen molar-refractivity contribution < 1.29 is 19.1 Å². The van der Waals surface area contributed by atoms with Crippen LogP contribution in [-0.2, 0) is 19.1 Å². The Bertz CT molecular complexity index is 440. The maximum Gasteiger partial charge on any atom is 0.310 e. The van der Waals surface area contributed by atoms with E-state index in [1.165, 1.54) is 32.1 Å². The monoisotopic (exact) mass is 416 g/mol. The van der Waals surface area contributed by atoms with Gasteiger partial charge in [0.05, 0.1) is 23.7 Å². The van der Waals surface area contributed by atoms with E-state index in [1.807, 2.05) is 25.6 Å². The van der Waals surface area contributed by atoms with Gasteiger partial charge in [-0.2, -0.15) is 0 Å². The molecule has 0 aromatic carbocycles. The van der Waals surface area contributed by atoms with Crippen molar-refractivity contribution in [1.29, 1.82) is 0 Å². The lowest BCUT2D eigenvalue weighted by molar-refractivity contribution is -0.147. The highest BCUT2D eigenvalue weighted by Gasteiger charge is 2.30. The molecule has 0 aromatic rings. The van der Waals surface area contributed by atoms with Crippen LogP contribution in [0, 0.1) is 5.92 Å². The Balaban J connectivity index is 2.07. The molecule has 0 amide bonds. The van der Waals surface area contributed by atoms with Crippen molar-refractivity contribution >= 4 is 35.5 Å². The van der Waals surface area contributed by atoms with Crippen LogP contribution in [0.4, 0.5) is 0 Å². The van der Waals surface area contributed by atoms with Crippen LogP contribution in [-0.4, -0.2) is 35.5 Å². The van der Waals surface area contributed by atoms with Crippen molar-refractivity contribution in [3.63, 3.8) is 0 Å². The van der Waals surface area contributed by atoms with E-state index >= 15 is 0 Å². The molecule has 1 aliphatic rings. The standard InChI is InChI=1S/C21H36O4S2/c1-3-24-19(22)15-12-10-8-6-5-7-9-11-14-18(20(23)25-4-2)21-26-16-13-17-27-21/h13,16,18,21H,3-12,14-15,17H2,1-2H3. The molecule has 0 aromatic heterocycles. The molecule has 0 saturated heterocycles. The smallest absolute Gasteiger partial charge is 0.310 e. The third kappa shape index (κ3) is 11.7. The summed E-state index contributed by atoms with van der Waals surface area (Å²) >= 11 is 3.61. The first kappa shape index (κ1) is 24.4. The summed E-state index contributed by atoms with van der Waals surface area (Å²) in [4.78, 5) is 23.5. The van der Waals surface area contributed by atoms with Gasteiger partial charge in [-0.15, -0.1) is 23.5 Å². The summed E-state index contributed by atoms with van der Waals surface area (Å²) in [6.07, 6.45) is 12.8. The van der Waals surface area contributed by atoms with E-state index in [4.69, 9.17) is 9.47 Å². The fourth-order valence-corrected chi connectivity index (χ4v) is 5.65. The summed E-state index contributed by atoms with van der Waals surface area (Å²) in [6.45, 7) is 4.66. The summed E-state index contributed by atoms with van der Waals surface area (Å²) in [5.41, 5.74) is 0. The van der Waals surface area contributed by atoms with E-state index in [9.17, 15) is 9.59 Å². The lowest BCUT2D eigenvalue weighted by Crippen LogP contribution is -2.26. The summed E-state index contributed by atoms with van der Waals surface area (Å²) < 4.78 is 10.5. The fraction of sp³-hybridized carbons (Fsp3) is 0.810. The normalized spacial score (nSPS) is 17.5. The second kappa shape index (κ2) is 16.3. The van der Waals surface area contributed by atoms with Gasteiger partial charge in [0.2, 0.25) is 0 Å². The molecular weight excluding hydrogens is 380 g/mol. The van der Waals surface area contributed by atoms with Crippen molar-refractivity contribution in [2.24, 2.45) is 5.92 Å². The molecule has 1 rings (SSSR count). The molecule has 0 radical (unpaired) electrons. The SMILES string of the molecule is CCOC(=O)CCCCCCCCCCC(C(=O)OCC)C1SC=CCS1. The Morgan fingerprint density at radius 1 is 0.963 bits per heavy atom. The van der Waals surface area contributed by atoms with Gasteiger partial charge in [-0.1, -0.05) is 51.0 Å². The highest BCUT2D eigenvalue weighted by atomic mass is 32.2. The molecule has 1 aliphatic heterocycles. The molecule has 0 saturated carbocycles. The molecule has 0 spiro atoms. The molecule has 2 unspecified atom stereocenters. The number of hydrogen-bond donors (Lipinski definition) is 0. The van der Waals surface area contributed by atoms with Crippen molar-refractivity contribution in [2.75, 3.05) is 19.0 Å². The van der Waals surface area contributed by atoms with Gasteiger partial charge in [0.1, 0.15) is 0 Å². The summed E-state index contributed by atoms with van der Waals surface area (Å²) in [5, 5.41) is 2.12. The van der Waals surface area contributed by atoms with Gasteiger partial charge < -0.3 is 9.47 Å². The van der Waals surface area contributed by atoms with Crippen LogP contribution in [0.2, 0.25) is 0 Å². The Morgan fingerprint density at radius 2 is 1.59 bits per heavy atom. The highest BCUT2D eigenvalue weighted by molar-refractivity contribution is 8.19. The average Bonchev–Trinajstić information content (AvgIpc) is 2.67. The first-order valence-electron chi connectivity index (χ1n) is 10.4. The van der Waals surface area contributed by atoms with Gasteiger partial charge in [-0.05, 0) is 32.1 Å². The summed E-state index contributed by atoms with van der Waals surface area (Å²) in [7, 11) is 0. The lowest BCUT2D eigenvalue weighted by Gasteiger charge is -2.25. The number of hydrogen-bond acceptors (Lipinski definition) is 6. The fourth-order valence-electron chi connectivity index (χ4n) is 3.11. The van der Waals surface area contributed by atoms with Gasteiger partial charge in [-0.25, -0.2) is 0 Å². The number of unbranched alkanes of at least 4 members (excludes halogenated alkanes) is 7. The third-order valence-electron chi connectivity index (χ3n) is 4.53. The van der Waals surface area contributed by atoms with E-state index < -0.39 is 0 Å². The lowest BCUT2D eigenvalue weighted by atomic mass is 10.0. The number of carbonyl (C=O) groups excluding carboxylic acids is 2. The van der Waals surface area contributed by atoms with Crippen LogP contribution in [0.25, 0.3) is 0 Å². The zero-order valence-electron chi connectivity index (χ0n) is 17.0. The highest BCUT2D eigenvalue weighted by Crippen LogP contribution is 2.38. The van der Waals surface area contributed by atoms with Gasteiger partial charge in [-0.3, -0.25) is 9.59 Å². The maximum atomic E-state index is 12.3. The van der Waals surface area contributed by atoms with Crippen molar-refractivity contribution in [1.82, 2.24) is 0 Å². The number of esters is 2. The number of carbonyl (C=O) groups is 2. The van der Waals surface area contributed by atoms with E-state index in [2.05, 4.69) is 11.5 Å². The van der Waals surface area contributed by atoms with Crippen molar-refractivity contribution in [3.8, 4) is 0 Å². The van der Waals surface area contributed by atoms with Gasteiger partial charge >= 0.3 is 11.9 Å². The number of ether oxygens (including phenoxy) is 2. The molecule has 2 atom stereocenters. The number of rotatable bonds is 15. The molecule has 0 bridgehead atoms. The van der Waals surface area contributed by atoms with E-state index in [0.717, 1.165) is 31.4 Å². The van der Waals surface area contributed by atoms with E-state index in [-0.39, 0.29) is 17.9 Å². The Kier molecular flexibility index (Phi) is 14.8. The van der Waals surface area contributed by atoms with E-state index in [1.54, 1.807) is 11.8 Å². The predicted octanol–water partition coefficient (Wildman–Crippen LogP) is 5.95. The molecular formula is C21H36O4S2. The van der Waals surface area contributed by atoms with Crippen LogP contribution < -0.4 is 0 Å². The molecule has 0 aliphatic carbocycles.